The number of hydrogen-bond donors (Lipinski definition) is 0. The average Bonchev–Trinajstić information content (AvgIpc) is 3.60. The van der Waals surface area contributed by atoms with E-state index in [0.717, 1.165) is 48.5 Å². The molecule has 9 nitrogen and oxygen atoms in total. The smallest absolute Gasteiger partial charge is 0.258 e. The predicted octanol–water partition coefficient (Wildman–Crippen LogP) is 3.73. The van der Waals surface area contributed by atoms with Crippen molar-refractivity contribution in [1.29, 1.82) is 5.26 Å². The summed E-state index contributed by atoms with van der Waals surface area (Å²) < 4.78 is 12.9. The average molecular weight is 473 g/mol. The summed E-state index contributed by atoms with van der Waals surface area (Å²) in [5.74, 6) is 2.31. The van der Waals surface area contributed by atoms with Crippen molar-refractivity contribution < 1.29 is 14.3 Å². The van der Waals surface area contributed by atoms with Crippen LogP contribution in [0.3, 0.4) is 0 Å². The third kappa shape index (κ3) is 3.64. The van der Waals surface area contributed by atoms with E-state index in [4.69, 9.17) is 19.6 Å². The van der Waals surface area contributed by atoms with Crippen molar-refractivity contribution in [2.45, 2.75) is 39.2 Å². The second-order valence-corrected chi connectivity index (χ2v) is 9.79. The first-order valence-electron chi connectivity index (χ1n) is 12.2. The number of rotatable bonds is 3. The minimum Gasteiger partial charge on any atom is -0.454 e. The number of para-hydroxylation sites is 1. The molecule has 0 aliphatic carbocycles. The van der Waals surface area contributed by atoms with Gasteiger partial charge in [0.15, 0.2) is 17.1 Å². The molecule has 2 fully saturated rings. The molecule has 0 spiro atoms. The second kappa shape index (κ2) is 8.45. The molecule has 6 rings (SSSR count). The van der Waals surface area contributed by atoms with Gasteiger partial charge in [-0.05, 0) is 44.2 Å². The number of nitriles is 1. The lowest BCUT2D eigenvalue weighted by molar-refractivity contribution is 0.0601. The molecule has 0 radical (unpaired) electrons. The number of hydrogen-bond acceptors (Lipinski definition) is 7. The normalized spacial score (nSPS) is 23.6. The lowest BCUT2D eigenvalue weighted by Crippen LogP contribution is -2.38. The number of anilines is 1. The number of aromatic nitrogens is 3. The molecule has 9 heteroatoms. The maximum absolute atomic E-state index is 13.6. The molecule has 0 unspecified atom stereocenters. The number of carbonyl (C=O) groups excluding carboxylic acids is 1. The molecule has 1 amide bonds. The van der Waals surface area contributed by atoms with Gasteiger partial charge in [0.05, 0.1) is 29.3 Å². The molecule has 2 saturated heterocycles. The van der Waals surface area contributed by atoms with Gasteiger partial charge in [-0.3, -0.25) is 4.79 Å². The zero-order valence-electron chi connectivity index (χ0n) is 20.0. The Kier molecular flexibility index (Phi) is 5.24. The van der Waals surface area contributed by atoms with Gasteiger partial charge in [0, 0.05) is 37.5 Å². The summed E-state index contributed by atoms with van der Waals surface area (Å²) in [5, 5.41) is 14.3. The molecule has 35 heavy (non-hydrogen) atoms. The fourth-order valence-electron chi connectivity index (χ4n) is 5.55. The second-order valence-electron chi connectivity index (χ2n) is 9.79. The number of benzene rings is 1. The van der Waals surface area contributed by atoms with Crippen molar-refractivity contribution in [1.82, 2.24) is 19.5 Å². The summed E-state index contributed by atoms with van der Waals surface area (Å²) in [6.45, 7) is 6.46. The fraction of sp³-hybridized carbons (Fsp3) is 0.462. The molecule has 3 aliphatic heterocycles. The SMILES string of the molecule is Cc1cn2nc([C@@H]3CCCCN3C(=O)c3cccc4c3OCO4)cc2nc1N1C[C@@H](C#N)[C@@H](C)C1. The maximum Gasteiger partial charge on any atom is 0.258 e. The molecule has 5 heterocycles. The van der Waals surface area contributed by atoms with Gasteiger partial charge in [0.2, 0.25) is 6.79 Å². The van der Waals surface area contributed by atoms with Gasteiger partial charge >= 0.3 is 0 Å². The molecule has 180 valence electrons. The first-order chi connectivity index (χ1) is 17.0. The molecular weight excluding hydrogens is 444 g/mol. The van der Waals surface area contributed by atoms with Gasteiger partial charge in [0.1, 0.15) is 5.82 Å². The molecule has 2 aromatic heterocycles. The Morgan fingerprint density at radius 2 is 2.11 bits per heavy atom. The van der Waals surface area contributed by atoms with Crippen LogP contribution in [0.1, 0.15) is 53.8 Å². The Hall–Kier alpha value is -3.80. The van der Waals surface area contributed by atoms with E-state index in [9.17, 15) is 10.1 Å². The first kappa shape index (κ1) is 21.7. The van der Waals surface area contributed by atoms with Gasteiger partial charge in [-0.25, -0.2) is 9.50 Å². The number of likely N-dealkylation sites (tertiary alicyclic amines) is 1. The quantitative estimate of drug-likeness (QED) is 0.573. The monoisotopic (exact) mass is 472 g/mol. The predicted molar refractivity (Wildman–Crippen MR) is 128 cm³/mol. The van der Waals surface area contributed by atoms with E-state index in [-0.39, 0.29) is 24.7 Å². The summed E-state index contributed by atoms with van der Waals surface area (Å²) in [6.07, 6.45) is 4.83. The third-order valence-corrected chi connectivity index (χ3v) is 7.43. The van der Waals surface area contributed by atoms with Crippen molar-refractivity contribution in [2.24, 2.45) is 11.8 Å². The lowest BCUT2D eigenvalue weighted by atomic mass is 9.98. The van der Waals surface area contributed by atoms with Crippen molar-refractivity contribution in [3.05, 3.63) is 47.3 Å². The summed E-state index contributed by atoms with van der Waals surface area (Å²) in [7, 11) is 0. The van der Waals surface area contributed by atoms with E-state index >= 15 is 0 Å². The molecule has 1 aromatic carbocycles. The van der Waals surface area contributed by atoms with Crippen LogP contribution in [0, 0.1) is 30.1 Å². The zero-order chi connectivity index (χ0) is 24.1. The highest BCUT2D eigenvalue weighted by Crippen LogP contribution is 2.39. The van der Waals surface area contributed by atoms with Crippen LogP contribution >= 0.6 is 0 Å². The van der Waals surface area contributed by atoms with Crippen LogP contribution in [-0.2, 0) is 0 Å². The van der Waals surface area contributed by atoms with Crippen LogP contribution in [0.15, 0.2) is 30.5 Å². The standard InChI is InChI=1S/C26H28N6O3/c1-16-12-30(14-18(16)11-27)25-17(2)13-32-23(28-25)10-20(29-32)21-7-3-4-9-31(21)26(33)19-6-5-8-22-24(19)35-15-34-22/h5-6,8,10,13,16,18,21H,3-4,7,9,12,14-15H2,1-2H3/t16-,18+,21-/m0/s1. The van der Waals surface area contributed by atoms with Gasteiger partial charge in [0.25, 0.3) is 5.91 Å². The summed E-state index contributed by atoms with van der Waals surface area (Å²) in [6, 6.07) is 9.73. The third-order valence-electron chi connectivity index (χ3n) is 7.43. The molecular formula is C26H28N6O3. The van der Waals surface area contributed by atoms with E-state index in [1.165, 1.54) is 0 Å². The number of nitrogens with zero attached hydrogens (tertiary/aromatic N) is 6. The van der Waals surface area contributed by atoms with Crippen LogP contribution < -0.4 is 14.4 Å². The summed E-state index contributed by atoms with van der Waals surface area (Å²) in [4.78, 5) is 22.7. The molecule has 0 N–H and O–H groups in total. The van der Waals surface area contributed by atoms with Gasteiger partial charge in [-0.1, -0.05) is 13.0 Å². The minimum atomic E-state index is -0.130. The molecule has 3 aromatic rings. The number of ether oxygens (including phenoxy) is 2. The summed E-state index contributed by atoms with van der Waals surface area (Å²) in [5.41, 5.74) is 3.15. The van der Waals surface area contributed by atoms with E-state index in [1.807, 2.05) is 40.7 Å². The Morgan fingerprint density at radius 1 is 1.23 bits per heavy atom. The number of carbonyl (C=O) groups is 1. The van der Waals surface area contributed by atoms with Crippen LogP contribution in [0.5, 0.6) is 11.5 Å². The highest BCUT2D eigenvalue weighted by atomic mass is 16.7. The fourth-order valence-corrected chi connectivity index (χ4v) is 5.55. The number of amides is 1. The van der Waals surface area contributed by atoms with Crippen molar-refractivity contribution >= 4 is 17.4 Å². The van der Waals surface area contributed by atoms with Crippen molar-refractivity contribution in [3.8, 4) is 17.6 Å². The highest BCUT2D eigenvalue weighted by molar-refractivity contribution is 5.98. The van der Waals surface area contributed by atoms with E-state index < -0.39 is 0 Å². The van der Waals surface area contributed by atoms with Gasteiger partial charge in [-0.15, -0.1) is 0 Å². The topological polar surface area (TPSA) is 96.0 Å². The van der Waals surface area contributed by atoms with E-state index in [0.29, 0.717) is 36.1 Å². The maximum atomic E-state index is 13.6. The van der Waals surface area contributed by atoms with Crippen LogP contribution in [-0.4, -0.2) is 51.8 Å². The van der Waals surface area contributed by atoms with Gasteiger partial charge in [-0.2, -0.15) is 10.4 Å². The highest BCUT2D eigenvalue weighted by Gasteiger charge is 2.34. The lowest BCUT2D eigenvalue weighted by Gasteiger charge is -2.35. The number of aryl methyl sites for hydroxylation is 1. The summed E-state index contributed by atoms with van der Waals surface area (Å²) >= 11 is 0. The largest absolute Gasteiger partial charge is 0.454 e. The Morgan fingerprint density at radius 3 is 2.94 bits per heavy atom. The molecule has 3 aliphatic rings. The van der Waals surface area contributed by atoms with Crippen molar-refractivity contribution in [2.75, 3.05) is 31.3 Å². The zero-order valence-corrected chi connectivity index (χ0v) is 20.0. The van der Waals surface area contributed by atoms with Crippen LogP contribution in [0.2, 0.25) is 0 Å². The molecule has 3 atom stereocenters. The van der Waals surface area contributed by atoms with E-state index in [1.54, 1.807) is 6.07 Å². The number of fused-ring (bicyclic) bond motifs is 2. The van der Waals surface area contributed by atoms with Crippen LogP contribution in [0.25, 0.3) is 5.65 Å². The Labute approximate surface area is 203 Å². The Bertz CT molecular complexity index is 1340. The van der Waals surface area contributed by atoms with Gasteiger partial charge < -0.3 is 19.3 Å². The first-order valence-corrected chi connectivity index (χ1v) is 12.2. The minimum absolute atomic E-state index is 0.0172. The van der Waals surface area contributed by atoms with Crippen molar-refractivity contribution in [3.63, 3.8) is 0 Å². The van der Waals surface area contributed by atoms with E-state index in [2.05, 4.69) is 17.9 Å². The number of piperidine rings is 1. The molecule has 0 saturated carbocycles. The van der Waals surface area contributed by atoms with Crippen LogP contribution in [0.4, 0.5) is 5.82 Å². The molecule has 0 bridgehead atoms. The Balaban J connectivity index is 1.32.